The molecule has 5 heteroatoms. The molecule has 1 heterocycles. The van der Waals surface area contributed by atoms with E-state index in [9.17, 15) is 9.46 Å². The predicted octanol–water partition coefficient (Wildman–Crippen LogP) is 13.4. The molecule has 0 bridgehead atoms. The number of fused-ring (bicyclic) bond motifs is 7. The summed E-state index contributed by atoms with van der Waals surface area (Å²) < 4.78 is 27.8. The van der Waals surface area contributed by atoms with Crippen LogP contribution in [0, 0.1) is 11.8 Å². The molecular formula is C48H67O4P. The minimum Gasteiger partial charge on any atom is -0.403 e. The lowest BCUT2D eigenvalue weighted by Crippen LogP contribution is -2.43. The van der Waals surface area contributed by atoms with Crippen molar-refractivity contribution in [2.75, 3.05) is 0 Å². The summed E-state index contributed by atoms with van der Waals surface area (Å²) in [5.74, 6) is 1.48. The van der Waals surface area contributed by atoms with E-state index < -0.39 is 13.9 Å². The van der Waals surface area contributed by atoms with Crippen molar-refractivity contribution in [1.82, 2.24) is 0 Å². The lowest BCUT2D eigenvalue weighted by Gasteiger charge is -2.49. The van der Waals surface area contributed by atoms with Gasteiger partial charge in [0, 0.05) is 23.0 Å². The monoisotopic (exact) mass is 738 g/mol. The highest BCUT2D eigenvalue weighted by molar-refractivity contribution is 7.47. The lowest BCUT2D eigenvalue weighted by molar-refractivity contribution is 0.0107. The van der Waals surface area contributed by atoms with Crippen LogP contribution in [0.4, 0.5) is 0 Å². The van der Waals surface area contributed by atoms with Gasteiger partial charge in [-0.25, -0.2) is 4.57 Å². The molecule has 4 aliphatic rings. The van der Waals surface area contributed by atoms with Gasteiger partial charge in [0.1, 0.15) is 5.75 Å². The van der Waals surface area contributed by atoms with E-state index in [1.54, 1.807) is 0 Å². The molecule has 0 amide bonds. The third-order valence-electron chi connectivity index (χ3n) is 13.3. The van der Waals surface area contributed by atoms with E-state index in [1.807, 2.05) is 0 Å². The Labute approximate surface area is 321 Å². The van der Waals surface area contributed by atoms with E-state index in [0.29, 0.717) is 17.6 Å². The molecule has 6 atom stereocenters. The molecule has 0 radical (unpaired) electrons. The summed E-state index contributed by atoms with van der Waals surface area (Å²) in [5.41, 5.74) is 12.2. The van der Waals surface area contributed by atoms with Crippen LogP contribution in [0.5, 0.6) is 5.75 Å². The standard InChI is InChI=1S/C48H67O4P/c1-45(2,3)33-21-31(22-34(27-33)46(4,5)6)39-25-29-17-13-15-19-37(29)41-42-38-20-16-14-18-30(38)26-40(44(42)52-53(49,50)51-43(39)41)32-23-35(47(7,8)9)28-36(24-32)48(10,11)12/h21-25,27-28,30,38,40,42,44H,13-20,26H2,1-12H3,(H,49,50)/t30?,38?,40?,42-,44-/m1/s1. The number of aryl methyl sites for hydroxylation is 1. The third kappa shape index (κ3) is 7.60. The third-order valence-corrected chi connectivity index (χ3v) is 14.2. The molecule has 0 aromatic heterocycles. The van der Waals surface area contributed by atoms with E-state index in [0.717, 1.165) is 49.7 Å². The van der Waals surface area contributed by atoms with Crippen LogP contribution in [0.1, 0.15) is 184 Å². The van der Waals surface area contributed by atoms with Crippen LogP contribution in [-0.4, -0.2) is 11.0 Å². The Morgan fingerprint density at radius 3 is 1.75 bits per heavy atom. The van der Waals surface area contributed by atoms with Crippen LogP contribution >= 0.6 is 7.82 Å². The number of benzene rings is 3. The highest BCUT2D eigenvalue weighted by Gasteiger charge is 2.54. The fourth-order valence-corrected chi connectivity index (χ4v) is 11.1. The van der Waals surface area contributed by atoms with Crippen molar-refractivity contribution in [3.63, 3.8) is 0 Å². The number of phosphoric acid groups is 1. The van der Waals surface area contributed by atoms with E-state index in [1.165, 1.54) is 63.8 Å². The van der Waals surface area contributed by atoms with Gasteiger partial charge in [-0.05, 0) is 123 Å². The van der Waals surface area contributed by atoms with E-state index in [4.69, 9.17) is 9.05 Å². The Balaban J connectivity index is 1.52. The number of rotatable bonds is 2. The summed E-state index contributed by atoms with van der Waals surface area (Å²) in [7, 11) is -4.52. The van der Waals surface area contributed by atoms with E-state index in [-0.39, 0.29) is 33.5 Å². The van der Waals surface area contributed by atoms with Crippen LogP contribution in [0.25, 0.3) is 11.1 Å². The summed E-state index contributed by atoms with van der Waals surface area (Å²) in [5, 5.41) is 0. The topological polar surface area (TPSA) is 55.8 Å². The first-order valence-corrected chi connectivity index (χ1v) is 22.2. The summed E-state index contributed by atoms with van der Waals surface area (Å²) in [6, 6.07) is 16.5. The molecule has 2 fully saturated rings. The lowest BCUT2D eigenvalue weighted by atomic mass is 9.57. The number of phosphoric ester groups is 1. The fourth-order valence-electron chi connectivity index (χ4n) is 10.1. The van der Waals surface area contributed by atoms with Gasteiger partial charge in [-0.3, -0.25) is 9.42 Å². The van der Waals surface area contributed by atoms with Gasteiger partial charge in [0.2, 0.25) is 0 Å². The number of hydrogen-bond donors (Lipinski definition) is 1. The van der Waals surface area contributed by atoms with Gasteiger partial charge >= 0.3 is 7.82 Å². The van der Waals surface area contributed by atoms with Crippen molar-refractivity contribution in [3.05, 3.63) is 87.0 Å². The Morgan fingerprint density at radius 2 is 1.19 bits per heavy atom. The van der Waals surface area contributed by atoms with Crippen LogP contribution in [0.3, 0.4) is 0 Å². The molecular weight excluding hydrogens is 671 g/mol. The van der Waals surface area contributed by atoms with Gasteiger partial charge in [0.25, 0.3) is 0 Å². The molecule has 3 aromatic carbocycles. The SMILES string of the molecule is CC(C)(C)c1cc(-c2cc3c(c4c2OP(=O)(O)O[C@@H]2C(c5cc(C(C)(C)C)cc(C(C)(C)C)c5)CC5CCCCC5[C@H]42)CCCC3)cc(C(C)(C)C)c1. The smallest absolute Gasteiger partial charge is 0.403 e. The zero-order valence-corrected chi connectivity index (χ0v) is 35.8. The molecule has 0 saturated heterocycles. The molecule has 4 unspecified atom stereocenters. The fraction of sp³-hybridized carbons (Fsp3) is 0.625. The van der Waals surface area contributed by atoms with E-state index in [2.05, 4.69) is 126 Å². The van der Waals surface area contributed by atoms with Gasteiger partial charge < -0.3 is 4.52 Å². The maximum Gasteiger partial charge on any atom is 0.527 e. The highest BCUT2D eigenvalue weighted by Crippen LogP contribution is 2.65. The van der Waals surface area contributed by atoms with Crippen molar-refractivity contribution in [3.8, 4) is 16.9 Å². The van der Waals surface area contributed by atoms with Gasteiger partial charge in [-0.15, -0.1) is 0 Å². The molecule has 1 N–H and O–H groups in total. The van der Waals surface area contributed by atoms with Crippen molar-refractivity contribution < 1.29 is 18.5 Å². The maximum absolute atomic E-state index is 14.6. The molecule has 7 rings (SSSR count). The van der Waals surface area contributed by atoms with Gasteiger partial charge in [-0.1, -0.05) is 139 Å². The first-order chi connectivity index (χ1) is 24.5. The molecule has 1 aliphatic heterocycles. The minimum absolute atomic E-state index is 0.0163. The highest BCUT2D eigenvalue weighted by atomic mass is 31.2. The van der Waals surface area contributed by atoms with Crippen LogP contribution in [0.15, 0.2) is 42.5 Å². The molecule has 53 heavy (non-hydrogen) atoms. The normalized spacial score (nSPS) is 27.8. The summed E-state index contributed by atoms with van der Waals surface area (Å²) in [6.45, 7) is 27.4. The Kier molecular flexibility index (Phi) is 9.81. The van der Waals surface area contributed by atoms with Crippen molar-refractivity contribution in [2.45, 2.75) is 180 Å². The summed E-state index contributed by atoms with van der Waals surface area (Å²) >= 11 is 0. The number of hydrogen-bond acceptors (Lipinski definition) is 3. The molecule has 288 valence electrons. The molecule has 3 aliphatic carbocycles. The Hall–Kier alpha value is -2.39. The minimum atomic E-state index is -4.52. The van der Waals surface area contributed by atoms with Crippen molar-refractivity contribution in [1.29, 1.82) is 0 Å². The quantitative estimate of drug-likeness (QED) is 0.266. The average Bonchev–Trinajstić information content (AvgIpc) is 3.18. The first-order valence-electron chi connectivity index (χ1n) is 20.7. The molecule has 2 saturated carbocycles. The maximum atomic E-state index is 14.6. The summed E-state index contributed by atoms with van der Waals surface area (Å²) in [4.78, 5) is 11.9. The Morgan fingerprint density at radius 1 is 0.660 bits per heavy atom. The van der Waals surface area contributed by atoms with Crippen LogP contribution in [-0.2, 0) is 43.6 Å². The molecule has 0 spiro atoms. The average molecular weight is 739 g/mol. The largest absolute Gasteiger partial charge is 0.527 e. The molecule has 4 nitrogen and oxygen atoms in total. The summed E-state index contributed by atoms with van der Waals surface area (Å²) in [6.07, 6.45) is 9.57. The predicted molar refractivity (Wildman–Crippen MR) is 221 cm³/mol. The van der Waals surface area contributed by atoms with Crippen molar-refractivity contribution >= 4 is 7.82 Å². The van der Waals surface area contributed by atoms with Gasteiger partial charge in [-0.2, -0.15) is 0 Å². The Bertz CT molecular complexity index is 1860. The van der Waals surface area contributed by atoms with Crippen LogP contribution < -0.4 is 4.52 Å². The van der Waals surface area contributed by atoms with E-state index >= 15 is 0 Å². The second kappa shape index (κ2) is 13.4. The second-order valence-electron chi connectivity index (χ2n) is 21.4. The molecule has 3 aromatic rings. The second-order valence-corrected chi connectivity index (χ2v) is 22.7. The zero-order chi connectivity index (χ0) is 38.5. The van der Waals surface area contributed by atoms with Gasteiger partial charge in [0.15, 0.2) is 0 Å². The zero-order valence-electron chi connectivity index (χ0n) is 34.9. The van der Waals surface area contributed by atoms with Gasteiger partial charge in [0.05, 0.1) is 6.10 Å². The van der Waals surface area contributed by atoms with Crippen molar-refractivity contribution in [2.24, 2.45) is 11.8 Å². The first kappa shape index (κ1) is 38.9. The van der Waals surface area contributed by atoms with Crippen LogP contribution in [0.2, 0.25) is 0 Å².